The van der Waals surface area contributed by atoms with E-state index in [4.69, 9.17) is 0 Å². The van der Waals surface area contributed by atoms with Crippen molar-refractivity contribution in [3.63, 3.8) is 0 Å². The molecule has 84 valence electrons. The zero-order valence-electron chi connectivity index (χ0n) is 8.97. The second-order valence-corrected chi connectivity index (χ2v) is 6.02. The van der Waals surface area contributed by atoms with E-state index >= 15 is 0 Å². The van der Waals surface area contributed by atoms with E-state index in [9.17, 15) is 4.79 Å². The quantitative estimate of drug-likeness (QED) is 0.622. The molecule has 0 amide bonds. The molecule has 2 aromatic rings. The van der Waals surface area contributed by atoms with Crippen molar-refractivity contribution in [2.75, 3.05) is 5.75 Å². The third-order valence-corrected chi connectivity index (χ3v) is 4.39. The van der Waals surface area contributed by atoms with Crippen LogP contribution < -0.4 is 5.56 Å². The average Bonchev–Trinajstić information content (AvgIpc) is 2.97. The topological polar surface area (TPSA) is 34.9 Å². The fourth-order valence-electron chi connectivity index (χ4n) is 1.79. The average molecular weight is 252 g/mol. The molecule has 0 saturated heterocycles. The molecule has 0 N–H and O–H groups in total. The summed E-state index contributed by atoms with van der Waals surface area (Å²) in [5.74, 6) is 0.953. The van der Waals surface area contributed by atoms with Gasteiger partial charge in [0, 0.05) is 6.04 Å². The largest absolute Gasteiger partial charge is 0.283 e. The minimum atomic E-state index is 0.151. The highest BCUT2D eigenvalue weighted by Crippen LogP contribution is 2.37. The van der Waals surface area contributed by atoms with E-state index in [1.54, 1.807) is 11.8 Å². The lowest BCUT2D eigenvalue weighted by Crippen LogP contribution is -2.21. The summed E-state index contributed by atoms with van der Waals surface area (Å²) in [6.45, 7) is 2.09. The smallest absolute Gasteiger partial charge is 0.272 e. The van der Waals surface area contributed by atoms with Crippen LogP contribution in [0.3, 0.4) is 0 Å². The molecule has 0 unspecified atom stereocenters. The molecule has 1 saturated carbocycles. The maximum Gasteiger partial charge on any atom is 0.272 e. The van der Waals surface area contributed by atoms with E-state index in [0.717, 1.165) is 34.0 Å². The van der Waals surface area contributed by atoms with Crippen LogP contribution in [0.25, 0.3) is 10.2 Å². The lowest BCUT2D eigenvalue weighted by Gasteiger charge is -2.09. The number of thiophene rings is 1. The first-order chi connectivity index (χ1) is 7.81. The van der Waals surface area contributed by atoms with Crippen molar-refractivity contribution in [2.24, 2.45) is 0 Å². The van der Waals surface area contributed by atoms with Crippen LogP contribution in [0.5, 0.6) is 0 Å². The highest BCUT2D eigenvalue weighted by Gasteiger charge is 2.28. The Morgan fingerprint density at radius 1 is 1.62 bits per heavy atom. The van der Waals surface area contributed by atoms with E-state index in [1.807, 2.05) is 16.0 Å². The first-order valence-electron chi connectivity index (χ1n) is 5.43. The Labute approximate surface area is 102 Å². The number of fused-ring (bicyclic) bond motifs is 1. The highest BCUT2D eigenvalue weighted by atomic mass is 32.2. The van der Waals surface area contributed by atoms with Gasteiger partial charge in [-0.25, -0.2) is 4.98 Å². The Hall–Kier alpha value is -0.810. The zero-order valence-corrected chi connectivity index (χ0v) is 10.6. The monoisotopic (exact) mass is 252 g/mol. The van der Waals surface area contributed by atoms with Crippen molar-refractivity contribution < 1.29 is 0 Å². The Morgan fingerprint density at radius 3 is 3.12 bits per heavy atom. The molecule has 0 aliphatic heterocycles. The van der Waals surface area contributed by atoms with Gasteiger partial charge in [-0.1, -0.05) is 18.7 Å². The normalized spacial score (nSPS) is 15.8. The number of rotatable bonds is 3. The third kappa shape index (κ3) is 1.58. The minimum absolute atomic E-state index is 0.151. The Balaban J connectivity index is 2.28. The van der Waals surface area contributed by atoms with Crippen LogP contribution in [0, 0.1) is 0 Å². The number of aromatic nitrogens is 2. The maximum atomic E-state index is 12.3. The summed E-state index contributed by atoms with van der Waals surface area (Å²) in [5.41, 5.74) is 1.00. The minimum Gasteiger partial charge on any atom is -0.283 e. The van der Waals surface area contributed by atoms with E-state index in [-0.39, 0.29) is 5.56 Å². The van der Waals surface area contributed by atoms with Crippen molar-refractivity contribution >= 4 is 33.3 Å². The van der Waals surface area contributed by atoms with E-state index in [2.05, 4.69) is 11.9 Å². The van der Waals surface area contributed by atoms with Crippen LogP contribution in [-0.4, -0.2) is 15.3 Å². The molecule has 0 bridgehead atoms. The van der Waals surface area contributed by atoms with Gasteiger partial charge < -0.3 is 0 Å². The molecule has 0 atom stereocenters. The van der Waals surface area contributed by atoms with Gasteiger partial charge in [-0.2, -0.15) is 0 Å². The molecule has 3 nitrogen and oxygen atoms in total. The van der Waals surface area contributed by atoms with E-state index in [1.165, 1.54) is 11.3 Å². The molecule has 0 spiro atoms. The van der Waals surface area contributed by atoms with Crippen molar-refractivity contribution in [2.45, 2.75) is 31.0 Å². The fourth-order valence-corrected chi connectivity index (χ4v) is 3.35. The zero-order chi connectivity index (χ0) is 11.1. The molecule has 5 heteroatoms. The number of thioether (sulfide) groups is 1. The summed E-state index contributed by atoms with van der Waals surface area (Å²) < 4.78 is 2.69. The van der Waals surface area contributed by atoms with Gasteiger partial charge in [0.2, 0.25) is 0 Å². The number of hydrogen-bond acceptors (Lipinski definition) is 4. The number of hydrogen-bond donors (Lipinski definition) is 0. The molecule has 0 radical (unpaired) electrons. The van der Waals surface area contributed by atoms with Gasteiger partial charge in [-0.3, -0.25) is 9.36 Å². The summed E-state index contributed by atoms with van der Waals surface area (Å²) >= 11 is 3.15. The summed E-state index contributed by atoms with van der Waals surface area (Å²) in [6, 6.07) is 2.33. The van der Waals surface area contributed by atoms with Gasteiger partial charge in [0.1, 0.15) is 4.70 Å². The first kappa shape index (κ1) is 10.4. The van der Waals surface area contributed by atoms with Crippen LogP contribution in [-0.2, 0) is 0 Å². The number of nitrogens with zero attached hydrogens (tertiary/aromatic N) is 2. The van der Waals surface area contributed by atoms with Gasteiger partial charge in [0.15, 0.2) is 5.16 Å². The van der Waals surface area contributed by atoms with Crippen molar-refractivity contribution in [3.8, 4) is 0 Å². The standard InChI is InChI=1S/C11H12N2OS2/c1-2-15-11-12-8-5-6-16-9(8)10(14)13(11)7-3-4-7/h5-7H,2-4H2,1H3. The maximum absolute atomic E-state index is 12.3. The molecule has 1 fully saturated rings. The Morgan fingerprint density at radius 2 is 2.44 bits per heavy atom. The molecule has 16 heavy (non-hydrogen) atoms. The van der Waals surface area contributed by atoms with Gasteiger partial charge >= 0.3 is 0 Å². The van der Waals surface area contributed by atoms with Crippen LogP contribution >= 0.6 is 23.1 Å². The molecular formula is C11H12N2OS2. The summed E-state index contributed by atoms with van der Waals surface area (Å²) in [4.78, 5) is 16.9. The van der Waals surface area contributed by atoms with E-state index in [0.29, 0.717) is 6.04 Å². The Bertz CT molecular complexity index is 583. The van der Waals surface area contributed by atoms with Crippen LogP contribution in [0.15, 0.2) is 21.4 Å². The van der Waals surface area contributed by atoms with Crippen LogP contribution in [0.4, 0.5) is 0 Å². The van der Waals surface area contributed by atoms with Crippen molar-refractivity contribution in [1.82, 2.24) is 9.55 Å². The van der Waals surface area contributed by atoms with Gasteiger partial charge in [0.25, 0.3) is 5.56 Å². The van der Waals surface area contributed by atoms with Crippen molar-refractivity contribution in [3.05, 3.63) is 21.8 Å². The highest BCUT2D eigenvalue weighted by molar-refractivity contribution is 7.99. The van der Waals surface area contributed by atoms with Crippen LogP contribution in [0.1, 0.15) is 25.8 Å². The van der Waals surface area contributed by atoms with Gasteiger partial charge in [0.05, 0.1) is 5.52 Å². The van der Waals surface area contributed by atoms with Crippen molar-refractivity contribution in [1.29, 1.82) is 0 Å². The Kier molecular flexibility index (Phi) is 2.52. The fraction of sp³-hybridized carbons (Fsp3) is 0.455. The third-order valence-electron chi connectivity index (χ3n) is 2.67. The predicted molar refractivity (Wildman–Crippen MR) is 68.5 cm³/mol. The predicted octanol–water partition coefficient (Wildman–Crippen LogP) is 2.90. The molecular weight excluding hydrogens is 240 g/mol. The molecule has 0 aromatic carbocycles. The second-order valence-electron chi connectivity index (χ2n) is 3.87. The summed E-state index contributed by atoms with van der Waals surface area (Å²) in [7, 11) is 0. The molecule has 3 rings (SSSR count). The molecule has 2 aromatic heterocycles. The second kappa shape index (κ2) is 3.89. The van der Waals surface area contributed by atoms with Gasteiger partial charge in [-0.05, 0) is 30.0 Å². The van der Waals surface area contributed by atoms with E-state index < -0.39 is 0 Å². The molecule has 1 aliphatic carbocycles. The summed E-state index contributed by atoms with van der Waals surface area (Å²) in [6.07, 6.45) is 2.24. The molecule has 2 heterocycles. The first-order valence-corrected chi connectivity index (χ1v) is 7.30. The lowest BCUT2D eigenvalue weighted by atomic mass is 10.4. The lowest BCUT2D eigenvalue weighted by molar-refractivity contribution is 0.619. The molecule has 1 aliphatic rings. The van der Waals surface area contributed by atoms with Crippen LogP contribution in [0.2, 0.25) is 0 Å². The van der Waals surface area contributed by atoms with Gasteiger partial charge in [-0.15, -0.1) is 11.3 Å². The summed E-state index contributed by atoms with van der Waals surface area (Å²) in [5, 5.41) is 2.83. The SMILES string of the molecule is CCSc1nc2ccsc2c(=O)n1C1CC1.